The fourth-order valence-electron chi connectivity index (χ4n) is 1.23. The lowest BCUT2D eigenvalue weighted by molar-refractivity contribution is -0.121. The van der Waals surface area contributed by atoms with Gasteiger partial charge in [-0.05, 0) is 25.8 Å². The average molecular weight is 187 g/mol. The molecule has 1 N–H and O–H groups in total. The summed E-state index contributed by atoms with van der Waals surface area (Å²) in [5.41, 5.74) is 0. The van der Waals surface area contributed by atoms with Crippen molar-refractivity contribution in [2.45, 2.75) is 32.2 Å². The van der Waals surface area contributed by atoms with Crippen LogP contribution in [0.25, 0.3) is 0 Å². The zero-order valence-electron chi connectivity index (χ0n) is 7.55. The van der Waals surface area contributed by atoms with Gasteiger partial charge in [-0.25, -0.2) is 0 Å². The Balaban J connectivity index is 2.27. The molecule has 0 aromatic rings. The van der Waals surface area contributed by atoms with Crippen LogP contribution in [0.5, 0.6) is 0 Å². The summed E-state index contributed by atoms with van der Waals surface area (Å²) in [6.45, 7) is 3.02. The minimum Gasteiger partial charge on any atom is -0.307 e. The highest BCUT2D eigenvalue weighted by Crippen LogP contribution is 2.30. The molecule has 1 fully saturated rings. The number of hydrogen-bond acceptors (Lipinski definition) is 3. The van der Waals surface area contributed by atoms with Crippen molar-refractivity contribution in [2.24, 2.45) is 5.92 Å². The highest BCUT2D eigenvalue weighted by Gasteiger charge is 2.33. The van der Waals surface area contributed by atoms with Crippen molar-refractivity contribution in [3.8, 4) is 0 Å². The Hall–Kier alpha value is -0.0200. The summed E-state index contributed by atoms with van der Waals surface area (Å²) in [4.78, 5) is 11.5. The van der Waals surface area contributed by atoms with Crippen molar-refractivity contribution >= 4 is 18.4 Å². The molecule has 0 heterocycles. The smallest absolute Gasteiger partial charge is 0.153 e. The van der Waals surface area contributed by atoms with Crippen LogP contribution < -0.4 is 5.32 Å². The number of carbonyl (C=O) groups excluding carboxylic acids is 1. The second-order valence-corrected chi connectivity index (χ2v) is 3.73. The molecule has 0 spiro atoms. The van der Waals surface area contributed by atoms with E-state index in [0.717, 1.165) is 25.8 Å². The first-order chi connectivity index (χ1) is 5.79. The standard InChI is InChI=1S/C9H17NOS/c1-2-5-10-8(6-12)9(11)7-3-4-7/h7-8,10,12H,2-6H2,1H3. The van der Waals surface area contributed by atoms with Crippen LogP contribution >= 0.6 is 12.6 Å². The summed E-state index contributed by atoms with van der Waals surface area (Å²) in [6, 6.07) is 0.000725. The number of ketones is 1. The predicted octanol–water partition coefficient (Wildman–Crippen LogP) is 1.26. The van der Waals surface area contributed by atoms with Crippen molar-refractivity contribution in [1.29, 1.82) is 0 Å². The van der Waals surface area contributed by atoms with E-state index < -0.39 is 0 Å². The first-order valence-corrected chi connectivity index (χ1v) is 5.30. The quantitative estimate of drug-likeness (QED) is 0.613. The number of carbonyl (C=O) groups is 1. The topological polar surface area (TPSA) is 29.1 Å². The van der Waals surface area contributed by atoms with Gasteiger partial charge in [-0.1, -0.05) is 6.92 Å². The fraction of sp³-hybridized carbons (Fsp3) is 0.889. The predicted molar refractivity (Wildman–Crippen MR) is 53.7 cm³/mol. The molecule has 1 aliphatic carbocycles. The molecule has 0 aromatic heterocycles. The first-order valence-electron chi connectivity index (χ1n) is 4.67. The maximum atomic E-state index is 11.5. The van der Waals surface area contributed by atoms with E-state index in [0.29, 0.717) is 17.5 Å². The summed E-state index contributed by atoms with van der Waals surface area (Å²) < 4.78 is 0. The van der Waals surface area contributed by atoms with Gasteiger partial charge in [-0.3, -0.25) is 4.79 Å². The van der Waals surface area contributed by atoms with Crippen LogP contribution in [0.1, 0.15) is 26.2 Å². The Morgan fingerprint density at radius 3 is 2.75 bits per heavy atom. The highest BCUT2D eigenvalue weighted by molar-refractivity contribution is 7.80. The van der Waals surface area contributed by atoms with Crippen molar-refractivity contribution in [1.82, 2.24) is 5.32 Å². The first kappa shape index (κ1) is 10.1. The van der Waals surface area contributed by atoms with Crippen molar-refractivity contribution in [3.05, 3.63) is 0 Å². The molecule has 0 radical (unpaired) electrons. The lowest BCUT2D eigenvalue weighted by Gasteiger charge is -2.13. The van der Waals surface area contributed by atoms with E-state index in [1.807, 2.05) is 0 Å². The molecule has 0 bridgehead atoms. The summed E-state index contributed by atoms with van der Waals surface area (Å²) in [5.74, 6) is 1.36. The Labute approximate surface area is 79.5 Å². The van der Waals surface area contributed by atoms with E-state index in [1.165, 1.54) is 0 Å². The van der Waals surface area contributed by atoms with Gasteiger partial charge >= 0.3 is 0 Å². The molecule has 70 valence electrons. The summed E-state index contributed by atoms with van der Waals surface area (Å²) in [6.07, 6.45) is 3.26. The van der Waals surface area contributed by atoms with Crippen LogP contribution in [0.2, 0.25) is 0 Å². The molecule has 1 aliphatic rings. The van der Waals surface area contributed by atoms with Gasteiger partial charge in [0.15, 0.2) is 5.78 Å². The monoisotopic (exact) mass is 187 g/mol. The number of rotatable bonds is 6. The molecular formula is C9H17NOS. The Morgan fingerprint density at radius 1 is 1.67 bits per heavy atom. The summed E-state index contributed by atoms with van der Waals surface area (Å²) in [7, 11) is 0. The number of nitrogens with one attached hydrogen (secondary N) is 1. The molecule has 1 unspecified atom stereocenters. The minimum absolute atomic E-state index is 0.000725. The number of Topliss-reactive ketones (excluding diaryl/α,β-unsaturated/α-hetero) is 1. The maximum Gasteiger partial charge on any atom is 0.153 e. The molecule has 2 nitrogen and oxygen atoms in total. The van der Waals surface area contributed by atoms with Gasteiger partial charge in [0.05, 0.1) is 6.04 Å². The van der Waals surface area contributed by atoms with E-state index >= 15 is 0 Å². The Morgan fingerprint density at radius 2 is 2.33 bits per heavy atom. The minimum atomic E-state index is 0.000725. The van der Waals surface area contributed by atoms with Crippen LogP contribution in [0, 0.1) is 5.92 Å². The van der Waals surface area contributed by atoms with Gasteiger partial charge in [0, 0.05) is 11.7 Å². The number of thiol groups is 1. The van der Waals surface area contributed by atoms with E-state index in [2.05, 4.69) is 24.9 Å². The largest absolute Gasteiger partial charge is 0.307 e. The Bertz CT molecular complexity index is 157. The average Bonchev–Trinajstić information content (AvgIpc) is 2.88. The maximum absolute atomic E-state index is 11.5. The molecule has 1 rings (SSSR count). The van der Waals surface area contributed by atoms with E-state index in [9.17, 15) is 4.79 Å². The van der Waals surface area contributed by atoms with Crippen LogP contribution in [0.4, 0.5) is 0 Å². The van der Waals surface area contributed by atoms with Gasteiger partial charge in [0.25, 0.3) is 0 Å². The second kappa shape index (κ2) is 4.87. The highest BCUT2D eigenvalue weighted by atomic mass is 32.1. The van der Waals surface area contributed by atoms with E-state index in [-0.39, 0.29) is 6.04 Å². The van der Waals surface area contributed by atoms with Gasteiger partial charge in [0.2, 0.25) is 0 Å². The molecule has 1 atom stereocenters. The molecular weight excluding hydrogens is 170 g/mol. The molecule has 3 heteroatoms. The van der Waals surface area contributed by atoms with E-state index in [1.54, 1.807) is 0 Å². The van der Waals surface area contributed by atoms with Gasteiger partial charge in [0.1, 0.15) is 0 Å². The second-order valence-electron chi connectivity index (χ2n) is 3.37. The lowest BCUT2D eigenvalue weighted by atomic mass is 10.1. The molecule has 0 aliphatic heterocycles. The summed E-state index contributed by atoms with van der Waals surface area (Å²) >= 11 is 4.17. The molecule has 0 aromatic carbocycles. The molecule has 0 amide bonds. The van der Waals surface area contributed by atoms with Crippen LogP contribution in [0.15, 0.2) is 0 Å². The van der Waals surface area contributed by atoms with Crippen molar-refractivity contribution in [2.75, 3.05) is 12.3 Å². The molecule has 1 saturated carbocycles. The van der Waals surface area contributed by atoms with Gasteiger partial charge < -0.3 is 5.32 Å². The summed E-state index contributed by atoms with van der Waals surface area (Å²) in [5, 5.41) is 3.21. The molecule has 12 heavy (non-hydrogen) atoms. The van der Waals surface area contributed by atoms with Gasteiger partial charge in [-0.15, -0.1) is 0 Å². The SMILES string of the molecule is CCCNC(CS)C(=O)C1CC1. The number of hydrogen-bond donors (Lipinski definition) is 2. The third-order valence-electron chi connectivity index (χ3n) is 2.15. The molecule has 0 saturated heterocycles. The zero-order valence-corrected chi connectivity index (χ0v) is 8.44. The third-order valence-corrected chi connectivity index (χ3v) is 2.51. The fourth-order valence-corrected chi connectivity index (χ4v) is 1.54. The Kier molecular flexibility index (Phi) is 4.09. The van der Waals surface area contributed by atoms with Crippen molar-refractivity contribution < 1.29 is 4.79 Å². The van der Waals surface area contributed by atoms with E-state index in [4.69, 9.17) is 0 Å². The zero-order chi connectivity index (χ0) is 8.97. The third kappa shape index (κ3) is 2.79. The normalized spacial score (nSPS) is 19.2. The van der Waals surface area contributed by atoms with Crippen LogP contribution in [-0.4, -0.2) is 24.1 Å². The van der Waals surface area contributed by atoms with Crippen LogP contribution in [-0.2, 0) is 4.79 Å². The van der Waals surface area contributed by atoms with Crippen LogP contribution in [0.3, 0.4) is 0 Å². The van der Waals surface area contributed by atoms with Gasteiger partial charge in [-0.2, -0.15) is 12.6 Å². The lowest BCUT2D eigenvalue weighted by Crippen LogP contribution is -2.39. The van der Waals surface area contributed by atoms with Crippen molar-refractivity contribution in [3.63, 3.8) is 0 Å².